The number of hydrogen-bond acceptors (Lipinski definition) is 6. The number of azo groups is 2. The summed E-state index contributed by atoms with van der Waals surface area (Å²) in [5, 5.41) is 18.7. The minimum absolute atomic E-state index is 0.223. The SMILES string of the molecule is CCNS(=O)(=O)c1ccc2c(N=Nc3ccc(N=Nc4ccccc4)cc3)cccc2c1. The second-order valence-electron chi connectivity index (χ2n) is 6.91. The molecule has 7 nitrogen and oxygen atoms in total. The third kappa shape index (κ3) is 5.11. The van der Waals surface area contributed by atoms with Gasteiger partial charge in [-0.15, -0.1) is 5.11 Å². The Morgan fingerprint density at radius 2 is 1.31 bits per heavy atom. The van der Waals surface area contributed by atoms with Crippen LogP contribution >= 0.6 is 0 Å². The highest BCUT2D eigenvalue weighted by Gasteiger charge is 2.13. The smallest absolute Gasteiger partial charge is 0.211 e. The molecule has 4 aromatic rings. The van der Waals surface area contributed by atoms with Crippen LogP contribution in [0.15, 0.2) is 116 Å². The largest absolute Gasteiger partial charge is 0.240 e. The third-order valence-corrected chi connectivity index (χ3v) is 6.18. The zero-order valence-corrected chi connectivity index (χ0v) is 18.2. The van der Waals surface area contributed by atoms with Crippen molar-refractivity contribution in [1.29, 1.82) is 0 Å². The molecule has 8 heteroatoms. The quantitative estimate of drug-likeness (QED) is 0.312. The van der Waals surface area contributed by atoms with Gasteiger partial charge in [0.1, 0.15) is 0 Å². The molecule has 0 radical (unpaired) electrons. The third-order valence-electron chi connectivity index (χ3n) is 4.63. The number of nitrogens with zero attached hydrogens (tertiary/aromatic N) is 4. The Morgan fingerprint density at radius 1 is 0.688 bits per heavy atom. The summed E-state index contributed by atoms with van der Waals surface area (Å²) in [5.74, 6) is 0. The Labute approximate surface area is 186 Å². The molecule has 0 aliphatic rings. The van der Waals surface area contributed by atoms with E-state index in [1.807, 2.05) is 72.8 Å². The van der Waals surface area contributed by atoms with E-state index in [0.29, 0.717) is 23.6 Å². The van der Waals surface area contributed by atoms with E-state index >= 15 is 0 Å². The first-order chi connectivity index (χ1) is 15.5. The molecule has 0 aromatic heterocycles. The molecule has 32 heavy (non-hydrogen) atoms. The van der Waals surface area contributed by atoms with Crippen molar-refractivity contribution in [3.8, 4) is 0 Å². The number of benzene rings is 4. The molecule has 0 atom stereocenters. The number of sulfonamides is 1. The van der Waals surface area contributed by atoms with Crippen LogP contribution in [0.25, 0.3) is 10.8 Å². The van der Waals surface area contributed by atoms with E-state index in [1.54, 1.807) is 25.1 Å². The predicted molar refractivity (Wildman–Crippen MR) is 126 cm³/mol. The Hall–Kier alpha value is -3.75. The topological polar surface area (TPSA) is 95.6 Å². The molecule has 0 saturated carbocycles. The highest BCUT2D eigenvalue weighted by molar-refractivity contribution is 7.89. The lowest BCUT2D eigenvalue weighted by atomic mass is 10.1. The van der Waals surface area contributed by atoms with E-state index < -0.39 is 10.0 Å². The summed E-state index contributed by atoms with van der Waals surface area (Å²) in [6.07, 6.45) is 0. The summed E-state index contributed by atoms with van der Waals surface area (Å²) < 4.78 is 27.0. The maximum Gasteiger partial charge on any atom is 0.240 e. The Bertz CT molecular complexity index is 1380. The fourth-order valence-electron chi connectivity index (χ4n) is 3.08. The van der Waals surface area contributed by atoms with Crippen LogP contribution in [0.4, 0.5) is 22.7 Å². The molecule has 0 unspecified atom stereocenters. The zero-order chi connectivity index (χ0) is 22.4. The van der Waals surface area contributed by atoms with Gasteiger partial charge in [0, 0.05) is 11.9 Å². The van der Waals surface area contributed by atoms with Crippen LogP contribution in [0.1, 0.15) is 6.92 Å². The first kappa shape index (κ1) is 21.5. The van der Waals surface area contributed by atoms with Crippen LogP contribution in [-0.2, 0) is 10.0 Å². The molecule has 4 rings (SSSR count). The van der Waals surface area contributed by atoms with E-state index in [4.69, 9.17) is 0 Å². The maximum absolute atomic E-state index is 12.3. The lowest BCUT2D eigenvalue weighted by Gasteiger charge is -2.07. The van der Waals surface area contributed by atoms with Gasteiger partial charge in [-0.3, -0.25) is 0 Å². The van der Waals surface area contributed by atoms with Crippen molar-refractivity contribution in [1.82, 2.24) is 4.72 Å². The summed E-state index contributed by atoms with van der Waals surface area (Å²) in [6.45, 7) is 2.08. The lowest BCUT2D eigenvalue weighted by Crippen LogP contribution is -2.22. The number of fused-ring (bicyclic) bond motifs is 1. The lowest BCUT2D eigenvalue weighted by molar-refractivity contribution is 0.584. The van der Waals surface area contributed by atoms with Crippen LogP contribution < -0.4 is 4.72 Å². The van der Waals surface area contributed by atoms with Gasteiger partial charge in [-0.25, -0.2) is 13.1 Å². The molecule has 160 valence electrons. The van der Waals surface area contributed by atoms with Gasteiger partial charge in [0.2, 0.25) is 10.0 Å². The minimum atomic E-state index is -3.52. The molecule has 0 heterocycles. The average molecular weight is 444 g/mol. The van der Waals surface area contributed by atoms with Gasteiger partial charge >= 0.3 is 0 Å². The molecular weight excluding hydrogens is 422 g/mol. The summed E-state index contributed by atoms with van der Waals surface area (Å²) in [5.41, 5.74) is 2.83. The van der Waals surface area contributed by atoms with Crippen LogP contribution in [0.3, 0.4) is 0 Å². The van der Waals surface area contributed by atoms with E-state index in [9.17, 15) is 8.42 Å². The Balaban J connectivity index is 1.54. The second kappa shape index (κ2) is 9.59. The molecule has 4 aromatic carbocycles. The molecule has 0 spiro atoms. The van der Waals surface area contributed by atoms with Crippen molar-refractivity contribution in [2.75, 3.05) is 6.54 Å². The normalized spacial score (nSPS) is 12.2. The Kier molecular flexibility index (Phi) is 6.44. The average Bonchev–Trinajstić information content (AvgIpc) is 2.82. The highest BCUT2D eigenvalue weighted by Crippen LogP contribution is 2.30. The molecule has 0 aliphatic heterocycles. The molecule has 0 saturated heterocycles. The monoisotopic (exact) mass is 443 g/mol. The van der Waals surface area contributed by atoms with Gasteiger partial charge in [0.25, 0.3) is 0 Å². The number of nitrogens with one attached hydrogen (secondary N) is 1. The van der Waals surface area contributed by atoms with Gasteiger partial charge in [-0.1, -0.05) is 43.3 Å². The summed E-state index contributed by atoms with van der Waals surface area (Å²) in [4.78, 5) is 0.223. The van der Waals surface area contributed by atoms with Crippen LogP contribution in [0.2, 0.25) is 0 Å². The Morgan fingerprint density at radius 3 is 1.97 bits per heavy atom. The van der Waals surface area contributed by atoms with Crippen molar-refractivity contribution in [2.45, 2.75) is 11.8 Å². The van der Waals surface area contributed by atoms with Gasteiger partial charge in [0.15, 0.2) is 0 Å². The standard InChI is InChI=1S/C24H21N5O2S/c1-2-25-32(30,31)22-15-16-23-18(17-22)7-6-10-24(23)29-28-21-13-11-20(12-14-21)27-26-19-8-4-3-5-9-19/h3-17,25H,2H2,1H3. The van der Waals surface area contributed by atoms with E-state index in [2.05, 4.69) is 25.2 Å². The summed E-state index contributed by atoms with van der Waals surface area (Å²) in [7, 11) is -3.52. The van der Waals surface area contributed by atoms with Gasteiger partial charge in [-0.05, 0) is 60.0 Å². The molecule has 0 fully saturated rings. The van der Waals surface area contributed by atoms with Crippen LogP contribution in [0.5, 0.6) is 0 Å². The van der Waals surface area contributed by atoms with Crippen molar-refractivity contribution < 1.29 is 8.42 Å². The van der Waals surface area contributed by atoms with Gasteiger partial charge in [-0.2, -0.15) is 15.3 Å². The van der Waals surface area contributed by atoms with Crippen molar-refractivity contribution >= 4 is 43.5 Å². The van der Waals surface area contributed by atoms with E-state index in [0.717, 1.165) is 16.5 Å². The van der Waals surface area contributed by atoms with Crippen LogP contribution in [-0.4, -0.2) is 15.0 Å². The first-order valence-electron chi connectivity index (χ1n) is 10.1. The fraction of sp³-hybridized carbons (Fsp3) is 0.0833. The molecule has 0 aliphatic carbocycles. The maximum atomic E-state index is 12.3. The minimum Gasteiger partial charge on any atom is -0.211 e. The second-order valence-corrected chi connectivity index (χ2v) is 8.68. The molecule has 0 amide bonds. The zero-order valence-electron chi connectivity index (χ0n) is 17.4. The molecule has 1 N–H and O–H groups in total. The van der Waals surface area contributed by atoms with Gasteiger partial charge < -0.3 is 0 Å². The van der Waals surface area contributed by atoms with Crippen molar-refractivity contribution in [3.05, 3.63) is 91.0 Å². The predicted octanol–water partition coefficient (Wildman–Crippen LogP) is 6.97. The van der Waals surface area contributed by atoms with Crippen molar-refractivity contribution in [3.63, 3.8) is 0 Å². The molecular formula is C24H21N5O2S. The van der Waals surface area contributed by atoms with Gasteiger partial charge in [0.05, 0.1) is 27.6 Å². The number of hydrogen-bond donors (Lipinski definition) is 1. The summed E-state index contributed by atoms with van der Waals surface area (Å²) in [6, 6.07) is 27.3. The summed E-state index contributed by atoms with van der Waals surface area (Å²) >= 11 is 0. The fourth-order valence-corrected chi connectivity index (χ4v) is 4.16. The molecule has 0 bridgehead atoms. The van der Waals surface area contributed by atoms with Crippen LogP contribution in [0, 0.1) is 0 Å². The first-order valence-corrected chi connectivity index (χ1v) is 11.5. The van der Waals surface area contributed by atoms with Crippen molar-refractivity contribution in [2.24, 2.45) is 20.5 Å². The highest BCUT2D eigenvalue weighted by atomic mass is 32.2. The number of rotatable bonds is 7. The van der Waals surface area contributed by atoms with E-state index in [1.165, 1.54) is 0 Å². The van der Waals surface area contributed by atoms with E-state index in [-0.39, 0.29) is 4.90 Å².